The molecule has 0 atom stereocenters. The molecule has 0 saturated heterocycles. The van der Waals surface area contributed by atoms with Crippen molar-refractivity contribution in [3.8, 4) is 5.75 Å². The van der Waals surface area contributed by atoms with Gasteiger partial charge < -0.3 is 15.0 Å². The summed E-state index contributed by atoms with van der Waals surface area (Å²) in [5.41, 5.74) is 3.98. The number of ether oxygens (including phenoxy) is 1. The normalized spacial score (nSPS) is 13.3. The van der Waals surface area contributed by atoms with Gasteiger partial charge in [-0.15, -0.1) is 0 Å². The van der Waals surface area contributed by atoms with Crippen molar-refractivity contribution >= 4 is 11.4 Å². The van der Waals surface area contributed by atoms with E-state index in [1.54, 1.807) is 0 Å². The molecule has 0 aliphatic carbocycles. The van der Waals surface area contributed by atoms with Gasteiger partial charge in [0, 0.05) is 37.1 Å². The van der Waals surface area contributed by atoms with Crippen LogP contribution in [0.25, 0.3) is 0 Å². The van der Waals surface area contributed by atoms with Gasteiger partial charge in [0.05, 0.1) is 6.61 Å². The summed E-state index contributed by atoms with van der Waals surface area (Å²) in [7, 11) is 0. The Morgan fingerprint density at radius 3 is 2.87 bits per heavy atom. The zero-order valence-corrected chi connectivity index (χ0v) is 14.1. The molecule has 1 aliphatic heterocycles. The summed E-state index contributed by atoms with van der Waals surface area (Å²) in [6, 6.07) is 17.0. The van der Waals surface area contributed by atoms with Crippen molar-refractivity contribution < 1.29 is 4.74 Å². The van der Waals surface area contributed by atoms with Gasteiger partial charge in [-0.3, -0.25) is 0 Å². The van der Waals surface area contributed by atoms with Crippen LogP contribution in [0.2, 0.25) is 0 Å². The summed E-state index contributed by atoms with van der Waals surface area (Å²) >= 11 is 0. The number of nitrogens with one attached hydrogen (secondary N) is 1. The minimum Gasteiger partial charge on any atom is -0.493 e. The first-order valence-corrected chi connectivity index (χ1v) is 8.52. The Bertz CT molecular complexity index is 639. The molecule has 1 aliphatic rings. The first-order valence-electron chi connectivity index (χ1n) is 8.52. The maximum absolute atomic E-state index is 5.78. The molecule has 1 heterocycles. The molecule has 0 radical (unpaired) electrons. The molecule has 0 saturated carbocycles. The molecule has 0 aromatic heterocycles. The third-order valence-electron chi connectivity index (χ3n) is 4.11. The highest BCUT2D eigenvalue weighted by molar-refractivity contribution is 5.58. The third kappa shape index (κ3) is 4.19. The topological polar surface area (TPSA) is 24.5 Å². The summed E-state index contributed by atoms with van der Waals surface area (Å²) in [4.78, 5) is 2.46. The first kappa shape index (κ1) is 15.7. The van der Waals surface area contributed by atoms with Crippen LogP contribution in [-0.4, -0.2) is 26.2 Å². The second kappa shape index (κ2) is 7.40. The Labute approximate surface area is 139 Å². The Morgan fingerprint density at radius 2 is 2.00 bits per heavy atom. The molecule has 2 aromatic rings. The standard InChI is InChI=1S/C20H26N2O/c1-16(2)15-23-19-8-5-7-18(14-19)21-11-13-22-12-10-17-6-3-4-9-20(17)22/h3-9,14,16,21H,10-13,15H2,1-2H3. The number of rotatable bonds is 7. The van der Waals surface area contributed by atoms with Gasteiger partial charge in [0.2, 0.25) is 0 Å². The lowest BCUT2D eigenvalue weighted by molar-refractivity contribution is 0.271. The van der Waals surface area contributed by atoms with Crippen molar-refractivity contribution in [2.24, 2.45) is 5.92 Å². The van der Waals surface area contributed by atoms with Gasteiger partial charge in [-0.1, -0.05) is 38.1 Å². The molecular weight excluding hydrogens is 284 g/mol. The summed E-state index contributed by atoms with van der Waals surface area (Å²) in [5.74, 6) is 1.48. The zero-order chi connectivity index (χ0) is 16.1. The maximum atomic E-state index is 5.78. The van der Waals surface area contributed by atoms with Crippen LogP contribution in [0.5, 0.6) is 5.75 Å². The molecule has 23 heavy (non-hydrogen) atoms. The number of hydrogen-bond donors (Lipinski definition) is 1. The second-order valence-corrected chi connectivity index (χ2v) is 6.53. The number of anilines is 2. The number of para-hydroxylation sites is 1. The molecule has 0 bridgehead atoms. The molecule has 3 rings (SSSR count). The molecule has 0 fully saturated rings. The van der Waals surface area contributed by atoms with Crippen molar-refractivity contribution in [3.05, 3.63) is 54.1 Å². The van der Waals surface area contributed by atoms with Gasteiger partial charge in [0.25, 0.3) is 0 Å². The summed E-state index contributed by atoms with van der Waals surface area (Å²) < 4.78 is 5.78. The smallest absolute Gasteiger partial charge is 0.121 e. The average Bonchev–Trinajstić information content (AvgIpc) is 2.97. The van der Waals surface area contributed by atoms with Crippen LogP contribution >= 0.6 is 0 Å². The van der Waals surface area contributed by atoms with Gasteiger partial charge in [-0.25, -0.2) is 0 Å². The van der Waals surface area contributed by atoms with Crippen LogP contribution in [0.4, 0.5) is 11.4 Å². The van der Waals surface area contributed by atoms with Gasteiger partial charge in [-0.05, 0) is 36.1 Å². The van der Waals surface area contributed by atoms with E-state index in [-0.39, 0.29) is 0 Å². The van der Waals surface area contributed by atoms with E-state index >= 15 is 0 Å². The van der Waals surface area contributed by atoms with Crippen LogP contribution in [0, 0.1) is 5.92 Å². The number of benzene rings is 2. The fourth-order valence-corrected chi connectivity index (χ4v) is 2.93. The molecule has 122 valence electrons. The lowest BCUT2D eigenvalue weighted by Gasteiger charge is -2.20. The van der Waals surface area contributed by atoms with Crippen molar-refractivity contribution in [3.63, 3.8) is 0 Å². The molecule has 0 spiro atoms. The Kier molecular flexibility index (Phi) is 5.06. The van der Waals surface area contributed by atoms with E-state index in [0.29, 0.717) is 5.92 Å². The van der Waals surface area contributed by atoms with E-state index in [4.69, 9.17) is 4.74 Å². The van der Waals surface area contributed by atoms with Gasteiger partial charge >= 0.3 is 0 Å². The summed E-state index contributed by atoms with van der Waals surface area (Å²) in [5, 5.41) is 3.51. The lowest BCUT2D eigenvalue weighted by atomic mass is 10.2. The molecule has 1 N–H and O–H groups in total. The summed E-state index contributed by atoms with van der Waals surface area (Å²) in [6.45, 7) is 8.16. The van der Waals surface area contributed by atoms with Crippen LogP contribution in [0.15, 0.2) is 48.5 Å². The van der Waals surface area contributed by atoms with Crippen molar-refractivity contribution in [1.29, 1.82) is 0 Å². The lowest BCUT2D eigenvalue weighted by Crippen LogP contribution is -2.27. The largest absolute Gasteiger partial charge is 0.493 e. The number of nitrogens with zero attached hydrogens (tertiary/aromatic N) is 1. The maximum Gasteiger partial charge on any atom is 0.121 e. The quantitative estimate of drug-likeness (QED) is 0.829. The van der Waals surface area contributed by atoms with Crippen molar-refractivity contribution in [2.75, 3.05) is 36.5 Å². The van der Waals surface area contributed by atoms with Crippen LogP contribution in [-0.2, 0) is 6.42 Å². The van der Waals surface area contributed by atoms with E-state index < -0.39 is 0 Å². The Hall–Kier alpha value is -2.16. The van der Waals surface area contributed by atoms with Gasteiger partial charge in [0.15, 0.2) is 0 Å². The van der Waals surface area contributed by atoms with Gasteiger partial charge in [-0.2, -0.15) is 0 Å². The number of fused-ring (bicyclic) bond motifs is 1. The first-order chi connectivity index (χ1) is 11.2. The molecular formula is C20H26N2O. The van der Waals surface area contributed by atoms with Gasteiger partial charge in [0.1, 0.15) is 5.75 Å². The average molecular weight is 310 g/mol. The third-order valence-corrected chi connectivity index (χ3v) is 4.11. The monoisotopic (exact) mass is 310 g/mol. The Balaban J connectivity index is 1.50. The van der Waals surface area contributed by atoms with E-state index in [1.165, 1.54) is 11.3 Å². The van der Waals surface area contributed by atoms with Crippen LogP contribution < -0.4 is 15.0 Å². The highest BCUT2D eigenvalue weighted by atomic mass is 16.5. The predicted molar refractivity (Wildman–Crippen MR) is 97.6 cm³/mol. The molecule has 3 heteroatoms. The van der Waals surface area contributed by atoms with E-state index in [1.807, 2.05) is 12.1 Å². The summed E-state index contributed by atoms with van der Waals surface area (Å²) in [6.07, 6.45) is 1.16. The second-order valence-electron chi connectivity index (χ2n) is 6.53. The highest BCUT2D eigenvalue weighted by Crippen LogP contribution is 2.27. The molecule has 3 nitrogen and oxygen atoms in total. The van der Waals surface area contributed by atoms with Crippen molar-refractivity contribution in [1.82, 2.24) is 0 Å². The zero-order valence-electron chi connectivity index (χ0n) is 14.1. The highest BCUT2D eigenvalue weighted by Gasteiger charge is 2.17. The van der Waals surface area contributed by atoms with E-state index in [9.17, 15) is 0 Å². The van der Waals surface area contributed by atoms with E-state index in [2.05, 4.69) is 60.5 Å². The fourth-order valence-electron chi connectivity index (χ4n) is 2.93. The Morgan fingerprint density at radius 1 is 1.13 bits per heavy atom. The molecule has 0 unspecified atom stereocenters. The molecule has 0 amide bonds. The SMILES string of the molecule is CC(C)COc1cccc(NCCN2CCc3ccccc32)c1. The fraction of sp³-hybridized carbons (Fsp3) is 0.400. The minimum atomic E-state index is 0.543. The predicted octanol–water partition coefficient (Wildman–Crippen LogP) is 4.20. The van der Waals surface area contributed by atoms with E-state index in [0.717, 1.165) is 44.1 Å². The van der Waals surface area contributed by atoms with Crippen LogP contribution in [0.1, 0.15) is 19.4 Å². The van der Waals surface area contributed by atoms with Crippen LogP contribution in [0.3, 0.4) is 0 Å². The molecule has 2 aromatic carbocycles. The number of hydrogen-bond acceptors (Lipinski definition) is 3. The minimum absolute atomic E-state index is 0.543. The van der Waals surface area contributed by atoms with Crippen molar-refractivity contribution in [2.45, 2.75) is 20.3 Å².